The lowest BCUT2D eigenvalue weighted by Crippen LogP contribution is -2.22. The first kappa shape index (κ1) is 30.6. The van der Waals surface area contributed by atoms with Gasteiger partial charge in [-0.1, -0.05) is 121 Å². The monoisotopic (exact) mass is 650 g/mol. The summed E-state index contributed by atoms with van der Waals surface area (Å²) in [6, 6.07) is 54.6. The Balaban J connectivity index is 1.40. The van der Waals surface area contributed by atoms with E-state index in [1.165, 1.54) is 21.2 Å². The van der Waals surface area contributed by atoms with E-state index in [1.807, 2.05) is 48.5 Å². The largest absolute Gasteiger partial charge is 0.497 e. The standard InChI is InChI=1S/C40H32N2O3P2/c1-43-29-23-25-37(46(31-15-7-3-8-16-31)32-17-9-4-10-18-32)35(27-29)39-41-42-40(45-39)36-28-30(44-2)24-26-38(36)47(33-19-11-5-12-20-33)34-21-13-6-14-22-34/h3-28H,1-2H3. The Morgan fingerprint density at radius 3 is 1.04 bits per heavy atom. The molecule has 0 saturated carbocycles. The molecular weight excluding hydrogens is 618 g/mol. The van der Waals surface area contributed by atoms with Crippen molar-refractivity contribution in [1.82, 2.24) is 10.2 Å². The summed E-state index contributed by atoms with van der Waals surface area (Å²) in [5, 5.41) is 16.5. The molecule has 0 saturated heterocycles. The molecule has 1 heterocycles. The number of hydrogen-bond donors (Lipinski definition) is 0. The number of aromatic nitrogens is 2. The van der Waals surface area contributed by atoms with Crippen LogP contribution in [0.4, 0.5) is 0 Å². The zero-order chi connectivity index (χ0) is 32.0. The number of benzene rings is 6. The second-order valence-electron chi connectivity index (χ2n) is 10.7. The molecule has 7 heteroatoms. The highest BCUT2D eigenvalue weighted by Gasteiger charge is 2.26. The van der Waals surface area contributed by atoms with Crippen LogP contribution in [0.3, 0.4) is 0 Å². The van der Waals surface area contributed by atoms with E-state index in [2.05, 4.69) is 119 Å². The summed E-state index contributed by atoms with van der Waals surface area (Å²) < 4.78 is 18.1. The minimum atomic E-state index is -0.938. The van der Waals surface area contributed by atoms with Crippen molar-refractivity contribution >= 4 is 47.7 Å². The van der Waals surface area contributed by atoms with E-state index in [4.69, 9.17) is 13.9 Å². The molecule has 0 N–H and O–H groups in total. The maximum atomic E-state index is 6.67. The predicted octanol–water partition coefficient (Wildman–Crippen LogP) is 6.94. The Morgan fingerprint density at radius 1 is 0.426 bits per heavy atom. The van der Waals surface area contributed by atoms with Gasteiger partial charge in [-0.3, -0.25) is 0 Å². The Labute approximate surface area is 277 Å². The van der Waals surface area contributed by atoms with E-state index in [0.29, 0.717) is 11.8 Å². The minimum Gasteiger partial charge on any atom is -0.497 e. The fourth-order valence-electron chi connectivity index (χ4n) is 5.62. The van der Waals surface area contributed by atoms with Crippen LogP contribution in [0.1, 0.15) is 0 Å². The first-order chi connectivity index (χ1) is 23.2. The van der Waals surface area contributed by atoms with Crippen molar-refractivity contribution in [3.8, 4) is 34.4 Å². The Morgan fingerprint density at radius 2 is 0.745 bits per heavy atom. The maximum Gasteiger partial charge on any atom is 0.248 e. The summed E-state index contributed by atoms with van der Waals surface area (Å²) in [7, 11) is 1.47. The number of methoxy groups -OCH3 is 2. The summed E-state index contributed by atoms with van der Waals surface area (Å²) in [6.45, 7) is 0. The van der Waals surface area contributed by atoms with Crippen molar-refractivity contribution in [2.24, 2.45) is 0 Å². The van der Waals surface area contributed by atoms with E-state index in [-0.39, 0.29) is 0 Å². The van der Waals surface area contributed by atoms with Crippen LogP contribution in [0.15, 0.2) is 162 Å². The normalized spacial score (nSPS) is 11.1. The molecule has 0 unspecified atom stereocenters. The van der Waals surface area contributed by atoms with Crippen molar-refractivity contribution < 1.29 is 13.9 Å². The van der Waals surface area contributed by atoms with Gasteiger partial charge in [-0.05, 0) is 84.1 Å². The number of rotatable bonds is 10. The second kappa shape index (κ2) is 14.1. The number of ether oxygens (including phenoxy) is 2. The van der Waals surface area contributed by atoms with Crippen LogP contribution in [0.25, 0.3) is 22.9 Å². The lowest BCUT2D eigenvalue weighted by atomic mass is 10.2. The fourth-order valence-corrected chi connectivity index (χ4v) is 10.5. The first-order valence-corrected chi connectivity index (χ1v) is 17.9. The highest BCUT2D eigenvalue weighted by atomic mass is 31.1. The average molecular weight is 651 g/mol. The highest BCUT2D eigenvalue weighted by Crippen LogP contribution is 2.41. The van der Waals surface area contributed by atoms with Crippen LogP contribution in [0, 0.1) is 0 Å². The van der Waals surface area contributed by atoms with E-state index in [9.17, 15) is 0 Å². The molecule has 6 aromatic carbocycles. The average Bonchev–Trinajstić information content (AvgIpc) is 3.64. The molecule has 5 nitrogen and oxygen atoms in total. The molecule has 0 radical (unpaired) electrons. The third-order valence-electron chi connectivity index (χ3n) is 7.83. The summed E-state index contributed by atoms with van der Waals surface area (Å²) in [6.07, 6.45) is 0. The van der Waals surface area contributed by atoms with Gasteiger partial charge in [0.2, 0.25) is 11.8 Å². The molecule has 0 aliphatic heterocycles. The Kier molecular flexibility index (Phi) is 9.19. The van der Waals surface area contributed by atoms with Gasteiger partial charge in [0.15, 0.2) is 0 Å². The zero-order valence-corrected chi connectivity index (χ0v) is 27.8. The fraction of sp³-hybridized carbons (Fsp3) is 0.0500. The van der Waals surface area contributed by atoms with Gasteiger partial charge in [0.25, 0.3) is 0 Å². The minimum absolute atomic E-state index is 0.436. The molecule has 0 amide bonds. The molecule has 0 fully saturated rings. The van der Waals surface area contributed by atoms with Gasteiger partial charge < -0.3 is 13.9 Å². The van der Waals surface area contributed by atoms with E-state index < -0.39 is 15.8 Å². The summed E-state index contributed by atoms with van der Waals surface area (Å²) >= 11 is 0. The van der Waals surface area contributed by atoms with E-state index in [0.717, 1.165) is 33.2 Å². The third-order valence-corrected chi connectivity index (χ3v) is 12.8. The van der Waals surface area contributed by atoms with Gasteiger partial charge in [-0.15, -0.1) is 10.2 Å². The summed E-state index contributed by atoms with van der Waals surface area (Å²) in [4.78, 5) is 0. The van der Waals surface area contributed by atoms with Crippen LogP contribution >= 0.6 is 15.8 Å². The highest BCUT2D eigenvalue weighted by molar-refractivity contribution is 7.80. The van der Waals surface area contributed by atoms with Crippen LogP contribution in [0.5, 0.6) is 11.5 Å². The molecular formula is C40H32N2O3P2. The lowest BCUT2D eigenvalue weighted by molar-refractivity contribution is 0.415. The van der Waals surface area contributed by atoms with Crippen molar-refractivity contribution in [3.05, 3.63) is 158 Å². The van der Waals surface area contributed by atoms with Gasteiger partial charge in [-0.25, -0.2) is 0 Å². The molecule has 0 bridgehead atoms. The molecule has 47 heavy (non-hydrogen) atoms. The number of nitrogens with zero attached hydrogens (tertiary/aromatic N) is 2. The molecule has 7 rings (SSSR count). The molecule has 0 atom stereocenters. The topological polar surface area (TPSA) is 57.4 Å². The van der Waals surface area contributed by atoms with Crippen LogP contribution in [-0.4, -0.2) is 24.4 Å². The van der Waals surface area contributed by atoms with Gasteiger partial charge in [0, 0.05) is 0 Å². The predicted molar refractivity (Wildman–Crippen MR) is 196 cm³/mol. The van der Waals surface area contributed by atoms with Crippen molar-refractivity contribution in [3.63, 3.8) is 0 Å². The molecule has 1 aromatic heterocycles. The zero-order valence-electron chi connectivity index (χ0n) is 26.0. The molecule has 230 valence electrons. The SMILES string of the molecule is COc1ccc(P(c2ccccc2)c2ccccc2)c(-c2nnc(-c3cc(OC)ccc3P(c3ccccc3)c3ccccc3)o2)c1. The van der Waals surface area contributed by atoms with Crippen molar-refractivity contribution in [1.29, 1.82) is 0 Å². The molecule has 7 aromatic rings. The van der Waals surface area contributed by atoms with Gasteiger partial charge in [0.05, 0.1) is 25.3 Å². The molecule has 0 spiro atoms. The maximum absolute atomic E-state index is 6.67. The Hall–Kier alpha value is -5.08. The quantitative estimate of drug-likeness (QED) is 0.150. The third kappa shape index (κ3) is 6.46. The van der Waals surface area contributed by atoms with Crippen LogP contribution < -0.4 is 41.3 Å². The van der Waals surface area contributed by atoms with Gasteiger partial charge in [-0.2, -0.15) is 0 Å². The van der Waals surface area contributed by atoms with E-state index in [1.54, 1.807) is 14.2 Å². The van der Waals surface area contributed by atoms with Crippen molar-refractivity contribution in [2.75, 3.05) is 14.2 Å². The van der Waals surface area contributed by atoms with Crippen molar-refractivity contribution in [2.45, 2.75) is 0 Å². The molecule has 0 aliphatic carbocycles. The van der Waals surface area contributed by atoms with E-state index >= 15 is 0 Å². The smallest absolute Gasteiger partial charge is 0.248 e. The Bertz CT molecular complexity index is 1840. The van der Waals surface area contributed by atoms with Crippen LogP contribution in [-0.2, 0) is 0 Å². The van der Waals surface area contributed by atoms with Gasteiger partial charge in [0.1, 0.15) is 11.5 Å². The summed E-state index contributed by atoms with van der Waals surface area (Å²) in [5.74, 6) is 2.31. The number of hydrogen-bond acceptors (Lipinski definition) is 5. The van der Waals surface area contributed by atoms with Crippen LogP contribution in [0.2, 0.25) is 0 Å². The second-order valence-corrected chi connectivity index (χ2v) is 15.1. The first-order valence-electron chi connectivity index (χ1n) is 15.2. The molecule has 0 aliphatic rings. The van der Waals surface area contributed by atoms with Gasteiger partial charge >= 0.3 is 0 Å². The lowest BCUT2D eigenvalue weighted by Gasteiger charge is -2.22. The summed E-state index contributed by atoms with van der Waals surface area (Å²) in [5.41, 5.74) is 1.69.